The minimum absolute atomic E-state index is 0.0619. The van der Waals surface area contributed by atoms with Crippen LogP contribution in [0.25, 0.3) is 54.8 Å². The lowest BCUT2D eigenvalue weighted by atomic mass is 9.97. The van der Waals surface area contributed by atoms with E-state index in [1.165, 1.54) is 37.3 Å². The van der Waals surface area contributed by atoms with Crippen molar-refractivity contribution in [1.29, 1.82) is 0 Å². The van der Waals surface area contributed by atoms with Crippen LogP contribution in [-0.2, 0) is 11.3 Å². The van der Waals surface area contributed by atoms with Crippen molar-refractivity contribution >= 4 is 44.3 Å². The van der Waals surface area contributed by atoms with Gasteiger partial charge in [-0.1, -0.05) is 54.6 Å². The van der Waals surface area contributed by atoms with E-state index in [1.54, 1.807) is 13.2 Å². The Morgan fingerprint density at radius 1 is 0.878 bits per heavy atom. The number of carboxylic acids is 1. The van der Waals surface area contributed by atoms with Crippen LogP contribution in [0.15, 0.2) is 91.0 Å². The zero-order valence-corrected chi connectivity index (χ0v) is 28.3. The van der Waals surface area contributed by atoms with Gasteiger partial charge in [-0.3, -0.25) is 4.79 Å². The molecule has 49 heavy (non-hydrogen) atoms. The van der Waals surface area contributed by atoms with Gasteiger partial charge in [-0.25, -0.2) is 9.78 Å². The van der Waals surface area contributed by atoms with Crippen molar-refractivity contribution < 1.29 is 19.4 Å². The maximum atomic E-state index is 14.1. The molecule has 0 spiro atoms. The molecule has 8 nitrogen and oxygen atoms in total. The summed E-state index contributed by atoms with van der Waals surface area (Å²) in [6.45, 7) is 3.95. The molecule has 0 aliphatic carbocycles. The highest BCUT2D eigenvalue weighted by Crippen LogP contribution is 2.45. The zero-order chi connectivity index (χ0) is 33.5. The molecule has 5 heterocycles. The SMILES string of the molecule is COc1ccccc1-c1ccc2cc(-c3c(-c4ccccc4)c4cc(C(=O)O)sc4n3CC(=O)N3CCC(N4CCCC4)CC3)ccc2n1. The van der Waals surface area contributed by atoms with Gasteiger partial charge in [0.05, 0.1) is 24.0 Å². The van der Waals surface area contributed by atoms with Crippen molar-refractivity contribution in [1.82, 2.24) is 19.4 Å². The Hall–Kier alpha value is -4.99. The number of amides is 1. The highest BCUT2D eigenvalue weighted by molar-refractivity contribution is 7.20. The molecule has 6 aromatic rings. The fourth-order valence-corrected chi connectivity index (χ4v) is 8.69. The number of para-hydroxylation sites is 1. The molecule has 248 valence electrons. The Morgan fingerprint density at radius 3 is 2.39 bits per heavy atom. The van der Waals surface area contributed by atoms with Crippen molar-refractivity contribution in [2.24, 2.45) is 0 Å². The van der Waals surface area contributed by atoms with Gasteiger partial charge in [-0.2, -0.15) is 0 Å². The molecule has 3 aromatic heterocycles. The summed E-state index contributed by atoms with van der Waals surface area (Å²) in [5.74, 6) is -0.139. The smallest absolute Gasteiger partial charge is 0.345 e. The highest BCUT2D eigenvalue weighted by atomic mass is 32.1. The number of benzene rings is 3. The number of carbonyl (C=O) groups excluding carboxylic acids is 1. The van der Waals surface area contributed by atoms with Crippen LogP contribution in [0, 0.1) is 0 Å². The summed E-state index contributed by atoms with van der Waals surface area (Å²) in [4.78, 5) is 36.9. The lowest BCUT2D eigenvalue weighted by Crippen LogP contribution is -2.46. The molecule has 0 radical (unpaired) electrons. The van der Waals surface area contributed by atoms with Gasteiger partial charge < -0.3 is 24.2 Å². The number of methoxy groups -OCH3 is 1. The number of carboxylic acid groups (broad SMARTS) is 1. The number of carbonyl (C=O) groups is 2. The fraction of sp³-hybridized carbons (Fsp3) is 0.275. The monoisotopic (exact) mass is 670 g/mol. The summed E-state index contributed by atoms with van der Waals surface area (Å²) < 4.78 is 7.65. The third kappa shape index (κ3) is 5.87. The summed E-state index contributed by atoms with van der Waals surface area (Å²) >= 11 is 1.23. The molecule has 0 saturated carbocycles. The van der Waals surface area contributed by atoms with E-state index in [-0.39, 0.29) is 17.3 Å². The van der Waals surface area contributed by atoms with E-state index in [0.717, 1.165) is 86.4 Å². The first-order chi connectivity index (χ1) is 24.0. The predicted octanol–water partition coefficient (Wildman–Crippen LogP) is 8.05. The molecule has 2 aliphatic heterocycles. The highest BCUT2D eigenvalue weighted by Gasteiger charge is 2.30. The average molecular weight is 671 g/mol. The second kappa shape index (κ2) is 13.1. The quantitative estimate of drug-likeness (QED) is 0.176. The molecule has 2 saturated heterocycles. The van der Waals surface area contributed by atoms with Crippen LogP contribution in [0.3, 0.4) is 0 Å². The van der Waals surface area contributed by atoms with Crippen LogP contribution in [0.2, 0.25) is 0 Å². The molecule has 3 aromatic carbocycles. The van der Waals surface area contributed by atoms with Gasteiger partial charge in [0.1, 0.15) is 22.0 Å². The van der Waals surface area contributed by atoms with Crippen LogP contribution in [0.4, 0.5) is 0 Å². The molecule has 2 fully saturated rings. The lowest BCUT2D eigenvalue weighted by Gasteiger charge is -2.36. The number of rotatable bonds is 8. The average Bonchev–Trinajstić information content (AvgIpc) is 3.90. The Morgan fingerprint density at radius 2 is 1.63 bits per heavy atom. The van der Waals surface area contributed by atoms with E-state index in [0.29, 0.717) is 6.04 Å². The van der Waals surface area contributed by atoms with Crippen molar-refractivity contribution in [2.45, 2.75) is 38.3 Å². The number of fused-ring (bicyclic) bond motifs is 2. The predicted molar refractivity (Wildman–Crippen MR) is 195 cm³/mol. The van der Waals surface area contributed by atoms with E-state index in [2.05, 4.69) is 27.7 Å². The van der Waals surface area contributed by atoms with E-state index in [1.807, 2.05) is 71.6 Å². The van der Waals surface area contributed by atoms with Crippen LogP contribution in [0.1, 0.15) is 35.4 Å². The van der Waals surface area contributed by atoms with Gasteiger partial charge in [0.25, 0.3) is 0 Å². The molecule has 2 aliphatic rings. The van der Waals surface area contributed by atoms with Crippen molar-refractivity contribution in [3.63, 3.8) is 0 Å². The zero-order valence-electron chi connectivity index (χ0n) is 27.5. The van der Waals surface area contributed by atoms with Gasteiger partial charge in [0.15, 0.2) is 0 Å². The molecular formula is C40H38N4O4S. The largest absolute Gasteiger partial charge is 0.496 e. The summed E-state index contributed by atoms with van der Waals surface area (Å²) in [5, 5.41) is 11.8. The number of likely N-dealkylation sites (tertiary alicyclic amines) is 2. The Balaban J connectivity index is 1.22. The molecule has 1 N–H and O–H groups in total. The minimum Gasteiger partial charge on any atom is -0.496 e. The summed E-state index contributed by atoms with van der Waals surface area (Å²) in [6.07, 6.45) is 4.52. The number of aromatic carboxylic acids is 1. The summed E-state index contributed by atoms with van der Waals surface area (Å²) in [6, 6.07) is 30.5. The van der Waals surface area contributed by atoms with Crippen molar-refractivity contribution in [3.8, 4) is 39.4 Å². The number of piperidine rings is 1. The van der Waals surface area contributed by atoms with E-state index >= 15 is 0 Å². The molecule has 0 atom stereocenters. The number of ether oxygens (including phenoxy) is 1. The number of pyridine rings is 1. The summed E-state index contributed by atoms with van der Waals surface area (Å²) in [5.41, 5.74) is 6.34. The normalized spacial score (nSPS) is 15.7. The number of thiophene rings is 1. The van der Waals surface area contributed by atoms with Gasteiger partial charge in [-0.15, -0.1) is 11.3 Å². The molecule has 0 unspecified atom stereocenters. The summed E-state index contributed by atoms with van der Waals surface area (Å²) in [7, 11) is 1.66. The van der Waals surface area contributed by atoms with Gasteiger partial charge in [0.2, 0.25) is 5.91 Å². The molecular weight excluding hydrogens is 633 g/mol. The van der Waals surface area contributed by atoms with Crippen LogP contribution in [0.5, 0.6) is 5.75 Å². The van der Waals surface area contributed by atoms with Crippen molar-refractivity contribution in [3.05, 3.63) is 95.9 Å². The third-order valence-corrected chi connectivity index (χ3v) is 11.3. The van der Waals surface area contributed by atoms with Crippen LogP contribution < -0.4 is 4.74 Å². The molecule has 1 amide bonds. The first kappa shape index (κ1) is 31.3. The number of hydrogen-bond donors (Lipinski definition) is 1. The first-order valence-corrected chi connectivity index (χ1v) is 17.8. The van der Waals surface area contributed by atoms with Gasteiger partial charge in [-0.05, 0) is 86.3 Å². The second-order valence-electron chi connectivity index (χ2n) is 13.0. The number of nitrogens with zero attached hydrogens (tertiary/aromatic N) is 4. The van der Waals surface area contributed by atoms with Crippen molar-refractivity contribution in [2.75, 3.05) is 33.3 Å². The van der Waals surface area contributed by atoms with Gasteiger partial charge in [0, 0.05) is 41.0 Å². The maximum absolute atomic E-state index is 14.1. The first-order valence-electron chi connectivity index (χ1n) is 17.0. The van der Waals surface area contributed by atoms with E-state index < -0.39 is 5.97 Å². The lowest BCUT2D eigenvalue weighted by molar-refractivity contribution is -0.133. The van der Waals surface area contributed by atoms with E-state index in [4.69, 9.17) is 9.72 Å². The minimum atomic E-state index is -0.966. The Labute approximate surface area is 289 Å². The number of aromatic nitrogens is 2. The standard InChI is InChI=1S/C40H38N4O4S/c1-48-34-12-6-5-11-30(34)33-16-13-27-23-28(14-15-32(27)41-33)38-37(26-9-3-2-4-10-26)31-24-35(40(46)47)49-39(31)44(38)25-36(45)43-21-17-29(18-22-43)42-19-7-8-20-42/h2-6,9-16,23-24,29H,7-8,17-22,25H2,1H3,(H,46,47). The molecule has 0 bridgehead atoms. The topological polar surface area (TPSA) is 87.9 Å². The number of hydrogen-bond acceptors (Lipinski definition) is 6. The maximum Gasteiger partial charge on any atom is 0.345 e. The Bertz CT molecular complexity index is 2180. The van der Waals surface area contributed by atoms with E-state index in [9.17, 15) is 14.7 Å². The molecule has 8 rings (SSSR count). The third-order valence-electron chi connectivity index (χ3n) is 10.1. The Kier molecular flexibility index (Phi) is 8.39. The molecule has 9 heteroatoms. The fourth-order valence-electron chi connectivity index (χ4n) is 7.68. The van der Waals surface area contributed by atoms with Crippen LogP contribution >= 0.6 is 11.3 Å². The second-order valence-corrected chi connectivity index (χ2v) is 14.0. The van der Waals surface area contributed by atoms with Crippen LogP contribution in [-0.4, -0.2) is 75.7 Å². The van der Waals surface area contributed by atoms with Gasteiger partial charge >= 0.3 is 5.97 Å².